The Labute approximate surface area is 173 Å². The van der Waals surface area contributed by atoms with Crippen LogP contribution in [0.25, 0.3) is 0 Å². The van der Waals surface area contributed by atoms with Crippen molar-refractivity contribution in [3.63, 3.8) is 0 Å². The Morgan fingerprint density at radius 3 is 2.71 bits per heavy atom. The Bertz CT molecular complexity index is 602. The van der Waals surface area contributed by atoms with E-state index in [1.807, 2.05) is 30.0 Å². The molecule has 0 amide bonds. The highest BCUT2D eigenvalue weighted by atomic mass is 32.2. The number of benzene rings is 1. The third-order valence-corrected chi connectivity index (χ3v) is 6.88. The highest BCUT2D eigenvalue weighted by molar-refractivity contribution is 7.99. The molecule has 0 aromatic heterocycles. The van der Waals surface area contributed by atoms with Crippen molar-refractivity contribution in [1.82, 2.24) is 15.5 Å². The molecule has 1 aromatic carbocycles. The van der Waals surface area contributed by atoms with Crippen molar-refractivity contribution in [1.29, 1.82) is 0 Å². The predicted octanol–water partition coefficient (Wildman–Crippen LogP) is 1.53. The van der Waals surface area contributed by atoms with E-state index in [-0.39, 0.29) is 18.1 Å². The van der Waals surface area contributed by atoms with E-state index in [0.29, 0.717) is 6.54 Å². The lowest BCUT2D eigenvalue weighted by molar-refractivity contribution is -0.0104. The number of morpholine rings is 1. The van der Waals surface area contributed by atoms with Gasteiger partial charge in [-0.2, -0.15) is 11.8 Å². The van der Waals surface area contributed by atoms with Crippen molar-refractivity contribution in [3.05, 3.63) is 35.9 Å². The third-order valence-electron chi connectivity index (χ3n) is 5.65. The molecule has 0 saturated carbocycles. The number of hydrogen-bond acceptors (Lipinski definition) is 5. The minimum atomic E-state index is 0.0558. The Balaban J connectivity index is 1.64. The van der Waals surface area contributed by atoms with Gasteiger partial charge in [0.1, 0.15) is 0 Å². The number of aliphatic imine (C=N–C) groups is 1. The number of hydrogen-bond donors (Lipinski definition) is 3. The van der Waals surface area contributed by atoms with E-state index in [1.165, 1.54) is 12.2 Å². The van der Waals surface area contributed by atoms with Crippen molar-refractivity contribution in [2.75, 3.05) is 64.1 Å². The molecule has 2 heterocycles. The Morgan fingerprint density at radius 1 is 1.29 bits per heavy atom. The first-order chi connectivity index (χ1) is 13.8. The van der Waals surface area contributed by atoms with Crippen LogP contribution in [-0.4, -0.2) is 85.6 Å². The summed E-state index contributed by atoms with van der Waals surface area (Å²) in [7, 11) is 0. The summed E-state index contributed by atoms with van der Waals surface area (Å²) in [6, 6.07) is 10.2. The maximum atomic E-state index is 9.81. The van der Waals surface area contributed by atoms with E-state index in [0.717, 1.165) is 56.7 Å². The number of aliphatic hydroxyl groups excluding tert-OH is 1. The second kappa shape index (κ2) is 11.0. The topological polar surface area (TPSA) is 69.1 Å². The maximum absolute atomic E-state index is 9.81. The van der Waals surface area contributed by atoms with Gasteiger partial charge in [-0.15, -0.1) is 0 Å². The van der Waals surface area contributed by atoms with Crippen molar-refractivity contribution < 1.29 is 9.84 Å². The average molecular weight is 407 g/mol. The molecule has 2 aliphatic rings. The molecule has 3 N–H and O–H groups in total. The average Bonchev–Trinajstić information content (AvgIpc) is 3.24. The van der Waals surface area contributed by atoms with E-state index in [4.69, 9.17) is 9.73 Å². The molecule has 0 radical (unpaired) electrons. The first-order valence-electron chi connectivity index (χ1n) is 10.4. The van der Waals surface area contributed by atoms with Gasteiger partial charge in [0, 0.05) is 37.8 Å². The highest BCUT2D eigenvalue weighted by Crippen LogP contribution is 2.34. The molecule has 0 bridgehead atoms. The highest BCUT2D eigenvalue weighted by Gasteiger charge is 2.40. The number of guanidine groups is 1. The summed E-state index contributed by atoms with van der Waals surface area (Å²) in [6.07, 6.45) is 1.18. The quantitative estimate of drug-likeness (QED) is 0.449. The molecule has 28 heavy (non-hydrogen) atoms. The second-order valence-electron chi connectivity index (χ2n) is 7.49. The molecule has 2 fully saturated rings. The summed E-state index contributed by atoms with van der Waals surface area (Å²) in [6.45, 7) is 8.12. The fraction of sp³-hybridized carbons (Fsp3) is 0.667. The van der Waals surface area contributed by atoms with Crippen LogP contribution in [0, 0.1) is 0 Å². The van der Waals surface area contributed by atoms with Gasteiger partial charge in [-0.25, -0.2) is 0 Å². The first-order valence-corrected chi connectivity index (χ1v) is 11.5. The zero-order valence-electron chi connectivity index (χ0n) is 16.9. The zero-order chi connectivity index (χ0) is 19.7. The smallest absolute Gasteiger partial charge is 0.191 e. The molecule has 2 saturated heterocycles. The van der Waals surface area contributed by atoms with Gasteiger partial charge in [0.15, 0.2) is 5.96 Å². The summed E-state index contributed by atoms with van der Waals surface area (Å²) in [5.74, 6) is 3.23. The van der Waals surface area contributed by atoms with Crippen LogP contribution in [0.1, 0.15) is 24.8 Å². The van der Waals surface area contributed by atoms with Gasteiger partial charge in [0.2, 0.25) is 0 Å². The number of rotatable bonds is 8. The SMILES string of the molecule is CCNC(=NCC1(N2CCOCC2)CCSC1)NCC(CO)c1ccccc1. The van der Waals surface area contributed by atoms with E-state index >= 15 is 0 Å². The van der Waals surface area contributed by atoms with Gasteiger partial charge < -0.3 is 20.5 Å². The van der Waals surface area contributed by atoms with Crippen molar-refractivity contribution in [2.45, 2.75) is 24.8 Å². The second-order valence-corrected chi connectivity index (χ2v) is 8.60. The first kappa shape index (κ1) is 21.4. The van der Waals surface area contributed by atoms with Crippen LogP contribution in [0.5, 0.6) is 0 Å². The zero-order valence-corrected chi connectivity index (χ0v) is 17.7. The van der Waals surface area contributed by atoms with E-state index < -0.39 is 0 Å². The molecule has 156 valence electrons. The van der Waals surface area contributed by atoms with Gasteiger partial charge in [-0.05, 0) is 24.7 Å². The van der Waals surface area contributed by atoms with Gasteiger partial charge in [-0.3, -0.25) is 9.89 Å². The van der Waals surface area contributed by atoms with Gasteiger partial charge in [0.25, 0.3) is 0 Å². The number of aliphatic hydroxyl groups is 1. The van der Waals surface area contributed by atoms with Crippen LogP contribution in [0.15, 0.2) is 35.3 Å². The molecule has 2 aliphatic heterocycles. The maximum Gasteiger partial charge on any atom is 0.191 e. The van der Waals surface area contributed by atoms with Crippen LogP contribution in [0.4, 0.5) is 0 Å². The molecule has 0 spiro atoms. The minimum absolute atomic E-state index is 0.0558. The summed E-state index contributed by atoms with van der Waals surface area (Å²) in [4.78, 5) is 7.55. The van der Waals surface area contributed by atoms with Crippen molar-refractivity contribution in [3.8, 4) is 0 Å². The Hall–Kier alpha value is -1.28. The van der Waals surface area contributed by atoms with Crippen LogP contribution < -0.4 is 10.6 Å². The lowest BCUT2D eigenvalue weighted by atomic mass is 9.96. The van der Waals surface area contributed by atoms with Gasteiger partial charge in [0.05, 0.1) is 31.9 Å². The third kappa shape index (κ3) is 5.63. The molecule has 3 rings (SSSR count). The lowest BCUT2D eigenvalue weighted by Crippen LogP contribution is -2.56. The van der Waals surface area contributed by atoms with Gasteiger partial charge >= 0.3 is 0 Å². The predicted molar refractivity (Wildman–Crippen MR) is 117 cm³/mol. The molecular formula is C21H34N4O2S. The van der Waals surface area contributed by atoms with Crippen LogP contribution in [0.2, 0.25) is 0 Å². The fourth-order valence-corrected chi connectivity index (χ4v) is 5.38. The Morgan fingerprint density at radius 2 is 2.07 bits per heavy atom. The molecule has 7 heteroatoms. The summed E-state index contributed by atoms with van der Waals surface area (Å²) < 4.78 is 5.56. The molecule has 6 nitrogen and oxygen atoms in total. The van der Waals surface area contributed by atoms with Crippen molar-refractivity contribution in [2.24, 2.45) is 4.99 Å². The van der Waals surface area contributed by atoms with E-state index in [1.54, 1.807) is 0 Å². The lowest BCUT2D eigenvalue weighted by Gasteiger charge is -2.42. The molecule has 2 atom stereocenters. The molecule has 0 aliphatic carbocycles. The molecule has 1 aromatic rings. The fourth-order valence-electron chi connectivity index (χ4n) is 3.91. The van der Waals surface area contributed by atoms with Crippen molar-refractivity contribution >= 4 is 17.7 Å². The Kier molecular flexibility index (Phi) is 8.45. The van der Waals surface area contributed by atoms with E-state index in [2.05, 4.69) is 34.6 Å². The summed E-state index contributed by atoms with van der Waals surface area (Å²) >= 11 is 2.03. The van der Waals surface area contributed by atoms with Crippen LogP contribution in [-0.2, 0) is 4.74 Å². The summed E-state index contributed by atoms with van der Waals surface area (Å²) in [5.41, 5.74) is 1.29. The van der Waals surface area contributed by atoms with Gasteiger partial charge in [-0.1, -0.05) is 30.3 Å². The summed E-state index contributed by atoms with van der Waals surface area (Å²) in [5, 5.41) is 16.6. The number of nitrogens with one attached hydrogen (secondary N) is 2. The normalized spacial score (nSPS) is 24.9. The standard InChI is InChI=1S/C21H34N4O2S/c1-2-22-20(23-14-19(15-26)18-6-4-3-5-7-18)24-16-21(8-13-28-17-21)25-9-11-27-12-10-25/h3-7,19,26H,2,8-17H2,1H3,(H2,22,23,24). The molecule has 2 unspecified atom stereocenters. The number of thioether (sulfide) groups is 1. The molecular weight excluding hydrogens is 372 g/mol. The largest absolute Gasteiger partial charge is 0.396 e. The number of nitrogens with zero attached hydrogens (tertiary/aromatic N) is 2. The van der Waals surface area contributed by atoms with E-state index in [9.17, 15) is 5.11 Å². The monoisotopic (exact) mass is 406 g/mol. The number of ether oxygens (including phenoxy) is 1. The van der Waals surface area contributed by atoms with Crippen LogP contribution in [0.3, 0.4) is 0 Å². The van der Waals surface area contributed by atoms with Crippen LogP contribution >= 0.6 is 11.8 Å². The minimum Gasteiger partial charge on any atom is -0.396 e.